The maximum absolute atomic E-state index is 13.5. The molecule has 0 aliphatic carbocycles. The summed E-state index contributed by atoms with van der Waals surface area (Å²) in [5.41, 5.74) is 2.25. The van der Waals surface area contributed by atoms with Gasteiger partial charge in [-0.05, 0) is 49.2 Å². The fourth-order valence-corrected chi connectivity index (χ4v) is 6.75. The number of rotatable bonds is 3. The van der Waals surface area contributed by atoms with Crippen molar-refractivity contribution in [1.29, 1.82) is 0 Å². The molecule has 3 atom stereocenters. The molecule has 27 heavy (non-hydrogen) atoms. The van der Waals surface area contributed by atoms with Crippen molar-refractivity contribution in [2.24, 2.45) is 5.92 Å². The van der Waals surface area contributed by atoms with E-state index in [9.17, 15) is 9.18 Å². The van der Waals surface area contributed by atoms with Gasteiger partial charge in [-0.15, -0.1) is 0 Å². The van der Waals surface area contributed by atoms with Crippen molar-refractivity contribution in [2.45, 2.75) is 56.9 Å². The molecular weight excluding hydrogens is 361 g/mol. The molecule has 4 aliphatic heterocycles. The van der Waals surface area contributed by atoms with E-state index in [-0.39, 0.29) is 5.56 Å². The number of hydrogen-bond donors (Lipinski definition) is 0. The van der Waals surface area contributed by atoms with Crippen LogP contribution < -0.4 is 5.56 Å². The summed E-state index contributed by atoms with van der Waals surface area (Å²) in [6, 6.07) is 4.97. The lowest BCUT2D eigenvalue weighted by molar-refractivity contribution is 0.0773. The number of halogens is 1. The second kappa shape index (κ2) is 7.53. The van der Waals surface area contributed by atoms with Crippen molar-refractivity contribution >= 4 is 11.8 Å². The lowest BCUT2D eigenvalue weighted by Crippen LogP contribution is -2.51. The fraction of sp³-hybridized carbons (Fsp3) is 0.762. The maximum atomic E-state index is 13.5. The predicted octanol–water partition coefficient (Wildman–Crippen LogP) is 2.71. The molecule has 3 fully saturated rings. The molecule has 0 radical (unpaired) electrons. The van der Waals surface area contributed by atoms with Crippen molar-refractivity contribution in [3.05, 3.63) is 33.7 Å². The summed E-state index contributed by atoms with van der Waals surface area (Å²) in [5.74, 6) is 3.69. The summed E-state index contributed by atoms with van der Waals surface area (Å²) in [7, 11) is 0. The number of fused-ring (bicyclic) bond motifs is 4. The van der Waals surface area contributed by atoms with Crippen LogP contribution in [0.4, 0.5) is 4.39 Å². The van der Waals surface area contributed by atoms with Crippen molar-refractivity contribution in [1.82, 2.24) is 14.4 Å². The van der Waals surface area contributed by atoms with Crippen molar-refractivity contribution in [3.8, 4) is 0 Å². The molecule has 6 heteroatoms. The first-order valence-corrected chi connectivity index (χ1v) is 11.7. The molecule has 0 unspecified atom stereocenters. The van der Waals surface area contributed by atoms with E-state index in [0.717, 1.165) is 37.8 Å². The van der Waals surface area contributed by atoms with Crippen LogP contribution in [0.3, 0.4) is 0 Å². The van der Waals surface area contributed by atoms with Gasteiger partial charge in [0.15, 0.2) is 0 Å². The molecule has 0 amide bonds. The average molecular weight is 392 g/mol. The van der Waals surface area contributed by atoms with E-state index in [1.165, 1.54) is 36.5 Å². The van der Waals surface area contributed by atoms with E-state index in [2.05, 4.69) is 32.2 Å². The Kier molecular flexibility index (Phi) is 5.07. The maximum Gasteiger partial charge on any atom is 0.255 e. The van der Waals surface area contributed by atoms with Crippen LogP contribution in [0.25, 0.3) is 0 Å². The minimum absolute atomic E-state index is 0.173. The van der Waals surface area contributed by atoms with Crippen molar-refractivity contribution in [2.75, 3.05) is 37.7 Å². The Morgan fingerprint density at radius 1 is 1.07 bits per heavy atom. The van der Waals surface area contributed by atoms with Crippen LogP contribution in [-0.2, 0) is 13.1 Å². The van der Waals surface area contributed by atoms with Gasteiger partial charge in [-0.3, -0.25) is 14.6 Å². The number of likely N-dealkylation sites (tertiary alicyclic amines) is 2. The molecule has 4 aliphatic rings. The molecule has 0 aromatic carbocycles. The van der Waals surface area contributed by atoms with Gasteiger partial charge < -0.3 is 4.57 Å². The molecule has 5 rings (SSSR count). The van der Waals surface area contributed by atoms with Crippen LogP contribution in [0.2, 0.25) is 0 Å². The number of thioether (sulfide) groups is 1. The first-order valence-electron chi connectivity index (χ1n) is 10.6. The van der Waals surface area contributed by atoms with E-state index < -0.39 is 6.17 Å². The molecule has 1 aromatic heterocycles. The molecule has 0 N–H and O–H groups in total. The van der Waals surface area contributed by atoms with Gasteiger partial charge in [0.1, 0.15) is 6.17 Å². The Morgan fingerprint density at radius 3 is 2.70 bits per heavy atom. The standard InChI is InChI=1S/C21H30FN3OS/c22-18-3-6-23(14-18)12-16-1-2-20-17-9-15(11-25(20)21(16)26)10-24(13-17)19-4-7-27-8-5-19/h1-2,15,17-19H,3-14H2/t15-,17+,18+/m0/s1. The Balaban J connectivity index is 1.35. The lowest BCUT2D eigenvalue weighted by atomic mass is 9.82. The first kappa shape index (κ1) is 18.2. The van der Waals surface area contributed by atoms with Crippen LogP contribution in [-0.4, -0.2) is 64.3 Å². The zero-order valence-corrected chi connectivity index (χ0v) is 16.8. The van der Waals surface area contributed by atoms with E-state index >= 15 is 0 Å². The highest BCUT2D eigenvalue weighted by Gasteiger charge is 2.37. The molecule has 4 nitrogen and oxygen atoms in total. The summed E-state index contributed by atoms with van der Waals surface area (Å²) in [6.07, 6.45) is 3.75. The minimum atomic E-state index is -0.728. The van der Waals surface area contributed by atoms with Gasteiger partial charge in [-0.25, -0.2) is 4.39 Å². The lowest BCUT2D eigenvalue weighted by Gasteiger charge is -2.46. The number of piperidine rings is 1. The van der Waals surface area contributed by atoms with Gasteiger partial charge in [-0.1, -0.05) is 6.07 Å². The number of aromatic nitrogens is 1. The molecule has 148 valence electrons. The van der Waals surface area contributed by atoms with Gasteiger partial charge >= 0.3 is 0 Å². The van der Waals surface area contributed by atoms with E-state index in [0.29, 0.717) is 31.3 Å². The summed E-state index contributed by atoms with van der Waals surface area (Å²) in [4.78, 5) is 17.9. The largest absolute Gasteiger partial charge is 0.312 e. The van der Waals surface area contributed by atoms with E-state index in [1.807, 2.05) is 6.07 Å². The molecule has 1 aromatic rings. The van der Waals surface area contributed by atoms with E-state index in [4.69, 9.17) is 0 Å². The van der Waals surface area contributed by atoms with Crippen molar-refractivity contribution in [3.63, 3.8) is 0 Å². The van der Waals surface area contributed by atoms with Gasteiger partial charge in [0.05, 0.1) is 0 Å². The monoisotopic (exact) mass is 391 g/mol. The molecule has 0 saturated carbocycles. The summed E-state index contributed by atoms with van der Waals surface area (Å²) in [5, 5.41) is 0. The van der Waals surface area contributed by atoms with Crippen molar-refractivity contribution < 1.29 is 4.39 Å². The zero-order valence-electron chi connectivity index (χ0n) is 16.0. The molecule has 2 bridgehead atoms. The average Bonchev–Trinajstić information content (AvgIpc) is 3.10. The third kappa shape index (κ3) is 3.60. The highest BCUT2D eigenvalue weighted by atomic mass is 32.2. The van der Waals surface area contributed by atoms with Crippen LogP contribution in [0.1, 0.15) is 42.9 Å². The van der Waals surface area contributed by atoms with Gasteiger partial charge in [0.2, 0.25) is 0 Å². The summed E-state index contributed by atoms with van der Waals surface area (Å²) < 4.78 is 15.5. The SMILES string of the molecule is O=c1c(CN2CC[C@@H](F)C2)ccc2n1C[C@H]1C[C@@H]2CN(C2CCSCC2)C1. The Hall–Kier alpha value is -0.850. The first-order chi connectivity index (χ1) is 13.2. The highest BCUT2D eigenvalue weighted by Crippen LogP contribution is 2.37. The summed E-state index contributed by atoms with van der Waals surface area (Å²) in [6.45, 7) is 4.96. The van der Waals surface area contributed by atoms with Crippen LogP contribution in [0.5, 0.6) is 0 Å². The highest BCUT2D eigenvalue weighted by molar-refractivity contribution is 7.99. The minimum Gasteiger partial charge on any atom is -0.312 e. The Labute approximate surface area is 165 Å². The van der Waals surface area contributed by atoms with Gasteiger partial charge in [0.25, 0.3) is 5.56 Å². The third-order valence-corrected chi connectivity index (χ3v) is 8.08. The van der Waals surface area contributed by atoms with Gasteiger partial charge in [-0.2, -0.15) is 11.8 Å². The molecule has 3 saturated heterocycles. The van der Waals surface area contributed by atoms with E-state index in [1.54, 1.807) is 0 Å². The number of hydrogen-bond acceptors (Lipinski definition) is 4. The zero-order chi connectivity index (χ0) is 18.4. The second-order valence-electron chi connectivity index (χ2n) is 8.92. The number of pyridine rings is 1. The number of alkyl halides is 1. The predicted molar refractivity (Wildman–Crippen MR) is 108 cm³/mol. The van der Waals surface area contributed by atoms with Crippen LogP contribution in [0.15, 0.2) is 16.9 Å². The Bertz CT molecular complexity index is 747. The van der Waals surface area contributed by atoms with Crippen LogP contribution >= 0.6 is 11.8 Å². The smallest absolute Gasteiger partial charge is 0.255 e. The molecular formula is C21H30FN3OS. The summed E-state index contributed by atoms with van der Waals surface area (Å²) >= 11 is 2.09. The quantitative estimate of drug-likeness (QED) is 0.792. The topological polar surface area (TPSA) is 28.5 Å². The molecule has 0 spiro atoms. The third-order valence-electron chi connectivity index (χ3n) is 7.03. The molecule has 5 heterocycles. The second-order valence-corrected chi connectivity index (χ2v) is 10.1. The normalized spacial score (nSPS) is 32.6. The van der Waals surface area contributed by atoms with Gasteiger partial charge in [0, 0.05) is 62.5 Å². The number of nitrogens with zero attached hydrogens (tertiary/aromatic N) is 3. The Morgan fingerprint density at radius 2 is 1.93 bits per heavy atom. The van der Waals surface area contributed by atoms with Crippen LogP contribution in [0, 0.1) is 5.92 Å². The fourth-order valence-electron chi connectivity index (χ4n) is 5.67.